The van der Waals surface area contributed by atoms with Gasteiger partial charge in [0.25, 0.3) is 5.91 Å². The van der Waals surface area contributed by atoms with E-state index in [4.69, 9.17) is 14.3 Å². The first kappa shape index (κ1) is 22.5. The molecule has 2 heterocycles. The van der Waals surface area contributed by atoms with Gasteiger partial charge in [0.2, 0.25) is 0 Å². The van der Waals surface area contributed by atoms with Crippen LogP contribution >= 0.6 is 0 Å². The number of para-hydroxylation sites is 2. The molecule has 0 saturated heterocycles. The Hall–Kier alpha value is -3.69. The molecular weight excluding hydrogens is 434 g/mol. The number of nitrogens with zero attached hydrogens (tertiary/aromatic N) is 4. The van der Waals surface area contributed by atoms with Crippen molar-refractivity contribution in [1.29, 1.82) is 0 Å². The van der Waals surface area contributed by atoms with Crippen molar-refractivity contribution < 1.29 is 27.9 Å². The lowest BCUT2D eigenvalue weighted by Gasteiger charge is -2.29. The van der Waals surface area contributed by atoms with Gasteiger partial charge in [0.15, 0.2) is 23.9 Å². The first-order valence-corrected chi connectivity index (χ1v) is 10.4. The van der Waals surface area contributed by atoms with Crippen molar-refractivity contribution in [1.82, 2.24) is 14.5 Å². The molecule has 1 aliphatic rings. The van der Waals surface area contributed by atoms with Gasteiger partial charge < -0.3 is 19.2 Å². The zero-order valence-electron chi connectivity index (χ0n) is 18.5. The van der Waals surface area contributed by atoms with Crippen LogP contribution in [0.25, 0.3) is 11.0 Å². The smallest absolute Gasteiger partial charge is 0.320 e. The molecule has 0 unspecified atom stereocenters. The zero-order valence-corrected chi connectivity index (χ0v) is 18.5. The molecular formula is C23H24F2N4O4. The van der Waals surface area contributed by atoms with E-state index in [9.17, 15) is 13.6 Å². The number of imidazole rings is 1. The highest BCUT2D eigenvalue weighted by atomic mass is 19.3. The van der Waals surface area contributed by atoms with Crippen molar-refractivity contribution in [3.8, 4) is 11.5 Å². The van der Waals surface area contributed by atoms with Crippen molar-refractivity contribution >= 4 is 22.7 Å². The Balaban J connectivity index is 1.44. The molecule has 1 aliphatic heterocycles. The summed E-state index contributed by atoms with van der Waals surface area (Å²) in [6.45, 7) is -0.657. The molecule has 33 heavy (non-hydrogen) atoms. The molecule has 2 aromatic carbocycles. The number of benzene rings is 2. The van der Waals surface area contributed by atoms with E-state index in [1.54, 1.807) is 43.4 Å². The number of carbonyl (C=O) groups excluding carboxylic acids is 1. The molecule has 0 aliphatic carbocycles. The number of oxime groups is 1. The van der Waals surface area contributed by atoms with Gasteiger partial charge in [-0.25, -0.2) is 4.98 Å². The van der Waals surface area contributed by atoms with Gasteiger partial charge >= 0.3 is 6.55 Å². The Morgan fingerprint density at radius 2 is 1.85 bits per heavy atom. The molecule has 4 rings (SSSR count). The van der Waals surface area contributed by atoms with Crippen molar-refractivity contribution in [2.45, 2.75) is 26.4 Å². The summed E-state index contributed by atoms with van der Waals surface area (Å²) in [5.41, 5.74) is 2.94. The number of hydrogen-bond donors (Lipinski definition) is 0. The summed E-state index contributed by atoms with van der Waals surface area (Å²) in [6.07, 6.45) is 0.669. The average molecular weight is 458 g/mol. The van der Waals surface area contributed by atoms with E-state index >= 15 is 0 Å². The summed E-state index contributed by atoms with van der Waals surface area (Å²) in [5, 5.41) is 3.88. The summed E-state index contributed by atoms with van der Waals surface area (Å²) in [7, 11) is 3.14. The fourth-order valence-corrected chi connectivity index (χ4v) is 3.91. The van der Waals surface area contributed by atoms with E-state index < -0.39 is 6.55 Å². The number of methoxy groups -OCH3 is 2. The summed E-state index contributed by atoms with van der Waals surface area (Å²) < 4.78 is 38.7. The van der Waals surface area contributed by atoms with Crippen molar-refractivity contribution in [3.63, 3.8) is 0 Å². The molecule has 3 aromatic rings. The van der Waals surface area contributed by atoms with Crippen molar-refractivity contribution in [2.24, 2.45) is 5.16 Å². The van der Waals surface area contributed by atoms with Gasteiger partial charge in [-0.2, -0.15) is 8.78 Å². The van der Waals surface area contributed by atoms with E-state index in [2.05, 4.69) is 10.1 Å². The number of halogens is 2. The van der Waals surface area contributed by atoms with Gasteiger partial charge in [-0.05, 0) is 48.7 Å². The third-order valence-electron chi connectivity index (χ3n) is 5.57. The topological polar surface area (TPSA) is 78.2 Å². The number of hydrogen-bond acceptors (Lipinski definition) is 6. The number of rotatable bonds is 7. The molecule has 1 amide bonds. The fourth-order valence-electron chi connectivity index (χ4n) is 3.91. The second-order valence-corrected chi connectivity index (χ2v) is 7.56. The summed E-state index contributed by atoms with van der Waals surface area (Å²) in [6, 6.07) is 10.4. The van der Waals surface area contributed by atoms with Crippen LogP contribution in [0.5, 0.6) is 11.5 Å². The molecule has 0 N–H and O–H groups in total. The third kappa shape index (κ3) is 4.46. The highest BCUT2D eigenvalue weighted by Crippen LogP contribution is 2.33. The number of ether oxygens (including phenoxy) is 2. The van der Waals surface area contributed by atoms with Crippen LogP contribution in [-0.2, 0) is 22.6 Å². The van der Waals surface area contributed by atoms with Crippen LogP contribution in [0.3, 0.4) is 0 Å². The van der Waals surface area contributed by atoms with E-state index in [1.807, 2.05) is 12.1 Å². The molecule has 1 aromatic heterocycles. The van der Waals surface area contributed by atoms with E-state index in [0.717, 1.165) is 15.7 Å². The maximum Gasteiger partial charge on any atom is 0.320 e. The predicted octanol–water partition coefficient (Wildman–Crippen LogP) is 3.77. The first-order valence-electron chi connectivity index (χ1n) is 10.4. The first-order chi connectivity index (χ1) is 15.9. The summed E-state index contributed by atoms with van der Waals surface area (Å²) >= 11 is 0. The monoisotopic (exact) mass is 458 g/mol. The number of amides is 1. The predicted molar refractivity (Wildman–Crippen MR) is 118 cm³/mol. The summed E-state index contributed by atoms with van der Waals surface area (Å²) in [4.78, 5) is 23.8. The molecule has 0 bridgehead atoms. The Kier molecular flexibility index (Phi) is 6.43. The van der Waals surface area contributed by atoms with Gasteiger partial charge in [0.1, 0.15) is 5.71 Å². The quantitative estimate of drug-likeness (QED) is 0.398. The van der Waals surface area contributed by atoms with Crippen LogP contribution in [0.2, 0.25) is 0 Å². The van der Waals surface area contributed by atoms with Crippen LogP contribution < -0.4 is 9.47 Å². The minimum atomic E-state index is -2.79. The normalized spacial score (nSPS) is 13.9. The third-order valence-corrected chi connectivity index (χ3v) is 5.57. The molecule has 0 spiro atoms. The number of fused-ring (bicyclic) bond motifs is 2. The Labute approximate surface area is 189 Å². The highest BCUT2D eigenvalue weighted by Gasteiger charge is 2.24. The molecule has 0 saturated carbocycles. The van der Waals surface area contributed by atoms with Crippen LogP contribution in [0.4, 0.5) is 8.78 Å². The molecule has 174 valence electrons. The zero-order chi connectivity index (χ0) is 23.5. The Morgan fingerprint density at radius 1 is 1.15 bits per heavy atom. The maximum atomic E-state index is 13.6. The van der Waals surface area contributed by atoms with Gasteiger partial charge in [-0.3, -0.25) is 9.36 Å². The Bertz CT molecular complexity index is 1210. The van der Waals surface area contributed by atoms with Gasteiger partial charge in [0.05, 0.1) is 25.3 Å². The van der Waals surface area contributed by atoms with Gasteiger partial charge in [0, 0.05) is 13.1 Å². The van der Waals surface area contributed by atoms with E-state index in [-0.39, 0.29) is 24.1 Å². The Morgan fingerprint density at radius 3 is 2.55 bits per heavy atom. The van der Waals surface area contributed by atoms with Gasteiger partial charge in [-0.15, -0.1) is 0 Å². The second-order valence-electron chi connectivity index (χ2n) is 7.56. The largest absolute Gasteiger partial charge is 0.493 e. The van der Waals surface area contributed by atoms with Crippen molar-refractivity contribution in [2.75, 3.05) is 27.4 Å². The summed E-state index contributed by atoms with van der Waals surface area (Å²) in [5.74, 6) is 0.990. The number of aromatic nitrogens is 2. The standard InChI is InChI=1S/C23H24F2N4O4/c1-14(22-26-17-6-4-5-7-18(17)29(22)23(24)25)27-33-13-21(30)28-9-8-15-10-19(31-2)20(32-3)11-16(15)12-28/h4-7,10-11,23H,8-9,12-13H2,1-3H3/b27-14+. The van der Waals surface area contributed by atoms with Crippen LogP contribution in [0, 0.1) is 0 Å². The fraction of sp³-hybridized carbons (Fsp3) is 0.348. The van der Waals surface area contributed by atoms with Gasteiger partial charge in [-0.1, -0.05) is 17.3 Å². The lowest BCUT2D eigenvalue weighted by Crippen LogP contribution is -2.38. The van der Waals surface area contributed by atoms with E-state index in [0.29, 0.717) is 42.0 Å². The number of alkyl halides is 2. The average Bonchev–Trinajstić information content (AvgIpc) is 3.22. The lowest BCUT2D eigenvalue weighted by molar-refractivity contribution is -0.137. The molecule has 0 fully saturated rings. The van der Waals surface area contributed by atoms with Crippen LogP contribution in [0.15, 0.2) is 41.6 Å². The van der Waals surface area contributed by atoms with Crippen LogP contribution in [0.1, 0.15) is 30.4 Å². The van der Waals surface area contributed by atoms with Crippen LogP contribution in [-0.4, -0.2) is 53.4 Å². The minimum Gasteiger partial charge on any atom is -0.493 e. The highest BCUT2D eigenvalue weighted by molar-refractivity contribution is 5.98. The van der Waals surface area contributed by atoms with Crippen molar-refractivity contribution in [3.05, 3.63) is 53.3 Å². The molecule has 0 radical (unpaired) electrons. The molecule has 8 nitrogen and oxygen atoms in total. The SMILES string of the molecule is COc1cc2c(cc1OC)CN(C(=O)CO/N=C(\C)c1nc3ccccc3n1C(F)F)CC2. The lowest BCUT2D eigenvalue weighted by atomic mass is 9.99. The number of carbonyl (C=O) groups is 1. The van der Waals surface area contributed by atoms with E-state index in [1.165, 1.54) is 6.92 Å². The second kappa shape index (κ2) is 9.43. The maximum absolute atomic E-state index is 13.6. The molecule has 0 atom stereocenters. The molecule has 10 heteroatoms. The minimum absolute atomic E-state index is 0.00779.